The Morgan fingerprint density at radius 1 is 0.862 bits per heavy atom. The van der Waals surface area contributed by atoms with E-state index in [1.54, 1.807) is 19.1 Å². The Bertz CT molecular complexity index is 818. The van der Waals surface area contributed by atoms with E-state index >= 15 is 0 Å². The molecule has 0 bridgehead atoms. The Kier molecular flexibility index (Phi) is 8.50. The van der Waals surface area contributed by atoms with Gasteiger partial charge in [-0.3, -0.25) is 9.59 Å². The third-order valence-corrected chi connectivity index (χ3v) is 3.70. The Hall–Kier alpha value is -3.55. The van der Waals surface area contributed by atoms with Crippen molar-refractivity contribution in [1.82, 2.24) is 10.6 Å². The average Bonchev–Trinajstić information content (AvgIpc) is 2.71. The van der Waals surface area contributed by atoms with Gasteiger partial charge in [-0.1, -0.05) is 17.7 Å². The minimum absolute atomic E-state index is 0.0983. The molecule has 8 heteroatoms. The normalized spacial score (nSPS) is 10.0. The zero-order chi connectivity index (χ0) is 21.1. The third-order valence-electron chi connectivity index (χ3n) is 3.70. The van der Waals surface area contributed by atoms with E-state index in [2.05, 4.69) is 15.4 Å². The van der Waals surface area contributed by atoms with Gasteiger partial charge in [-0.15, -0.1) is 0 Å². The van der Waals surface area contributed by atoms with Crippen LogP contribution < -0.4 is 20.1 Å². The number of carbonyl (C=O) groups is 3. The van der Waals surface area contributed by atoms with Crippen molar-refractivity contribution in [2.24, 2.45) is 0 Å². The van der Waals surface area contributed by atoms with Gasteiger partial charge in [0, 0.05) is 18.7 Å². The predicted octanol–water partition coefficient (Wildman–Crippen LogP) is 2.46. The molecule has 2 aromatic carbocycles. The lowest BCUT2D eigenvalue weighted by Gasteiger charge is -2.09. The van der Waals surface area contributed by atoms with Crippen LogP contribution in [0.5, 0.6) is 11.5 Å². The van der Waals surface area contributed by atoms with E-state index in [1.807, 2.05) is 19.1 Å². The number of amides is 2. The molecule has 0 fully saturated rings. The van der Waals surface area contributed by atoms with E-state index in [-0.39, 0.29) is 43.9 Å². The summed E-state index contributed by atoms with van der Waals surface area (Å²) in [5.41, 5.74) is 1.51. The molecule has 0 saturated heterocycles. The Morgan fingerprint density at radius 3 is 2.14 bits per heavy atom. The van der Waals surface area contributed by atoms with E-state index in [0.717, 1.165) is 5.56 Å². The van der Waals surface area contributed by atoms with Crippen LogP contribution in [0.1, 0.15) is 22.8 Å². The molecule has 0 aromatic heterocycles. The molecule has 0 aliphatic heterocycles. The van der Waals surface area contributed by atoms with Crippen molar-refractivity contribution >= 4 is 18.0 Å². The van der Waals surface area contributed by atoms with Gasteiger partial charge in [-0.2, -0.15) is 0 Å². The highest BCUT2D eigenvalue weighted by Gasteiger charge is 2.08. The molecule has 8 nitrogen and oxygen atoms in total. The molecule has 2 amide bonds. The SMILES string of the molecule is CCOC(=O)Oc1ccc(C(=O)NCCNC(=O)COc2ccc(C)cc2)cc1. The van der Waals surface area contributed by atoms with E-state index in [9.17, 15) is 14.4 Å². The van der Waals surface area contributed by atoms with Crippen LogP contribution in [-0.2, 0) is 9.53 Å². The van der Waals surface area contributed by atoms with Crippen molar-refractivity contribution in [1.29, 1.82) is 0 Å². The van der Waals surface area contributed by atoms with E-state index < -0.39 is 6.16 Å². The zero-order valence-corrected chi connectivity index (χ0v) is 16.4. The lowest BCUT2D eigenvalue weighted by atomic mass is 10.2. The number of rotatable bonds is 9. The number of nitrogens with one attached hydrogen (secondary N) is 2. The van der Waals surface area contributed by atoms with Gasteiger partial charge >= 0.3 is 6.16 Å². The van der Waals surface area contributed by atoms with Gasteiger partial charge in [0.2, 0.25) is 0 Å². The second-order valence-electron chi connectivity index (χ2n) is 6.02. The van der Waals surface area contributed by atoms with Gasteiger partial charge in [0.1, 0.15) is 11.5 Å². The number of benzene rings is 2. The second-order valence-corrected chi connectivity index (χ2v) is 6.02. The topological polar surface area (TPSA) is 103 Å². The number of aryl methyl sites for hydroxylation is 1. The molecule has 0 unspecified atom stereocenters. The quantitative estimate of drug-likeness (QED) is 0.381. The molecule has 2 rings (SSSR count). The molecule has 0 radical (unpaired) electrons. The van der Waals surface area contributed by atoms with Gasteiger partial charge in [0.05, 0.1) is 6.61 Å². The smallest absolute Gasteiger partial charge is 0.484 e. The summed E-state index contributed by atoms with van der Waals surface area (Å²) in [6.07, 6.45) is -0.799. The lowest BCUT2D eigenvalue weighted by molar-refractivity contribution is -0.123. The molecule has 154 valence electrons. The van der Waals surface area contributed by atoms with E-state index in [0.29, 0.717) is 11.3 Å². The fraction of sp³-hybridized carbons (Fsp3) is 0.286. The van der Waals surface area contributed by atoms with Gasteiger partial charge in [-0.25, -0.2) is 4.79 Å². The molecular weight excluding hydrogens is 376 g/mol. The predicted molar refractivity (Wildman–Crippen MR) is 106 cm³/mol. The first-order valence-electron chi connectivity index (χ1n) is 9.17. The summed E-state index contributed by atoms with van der Waals surface area (Å²) < 4.78 is 15.0. The number of ether oxygens (including phenoxy) is 3. The molecule has 0 saturated carbocycles. The van der Waals surface area contributed by atoms with Crippen molar-refractivity contribution in [3.63, 3.8) is 0 Å². The highest BCUT2D eigenvalue weighted by Crippen LogP contribution is 2.13. The zero-order valence-electron chi connectivity index (χ0n) is 16.4. The lowest BCUT2D eigenvalue weighted by Crippen LogP contribution is -2.36. The Morgan fingerprint density at radius 2 is 1.48 bits per heavy atom. The molecule has 0 heterocycles. The maximum Gasteiger partial charge on any atom is 0.513 e. The number of hydrogen-bond acceptors (Lipinski definition) is 6. The Balaban J connectivity index is 1.65. The van der Waals surface area contributed by atoms with Crippen molar-refractivity contribution in [3.05, 3.63) is 59.7 Å². The van der Waals surface area contributed by atoms with Gasteiger partial charge in [-0.05, 0) is 50.2 Å². The first-order valence-corrected chi connectivity index (χ1v) is 9.17. The summed E-state index contributed by atoms with van der Waals surface area (Å²) in [4.78, 5) is 35.1. The summed E-state index contributed by atoms with van der Waals surface area (Å²) in [5, 5.41) is 5.35. The molecule has 29 heavy (non-hydrogen) atoms. The van der Waals surface area contributed by atoms with E-state index in [1.165, 1.54) is 24.3 Å². The van der Waals surface area contributed by atoms with Crippen LogP contribution in [0, 0.1) is 6.92 Å². The molecule has 2 aromatic rings. The van der Waals surface area contributed by atoms with Crippen molar-refractivity contribution in [2.45, 2.75) is 13.8 Å². The first-order chi connectivity index (χ1) is 14.0. The monoisotopic (exact) mass is 400 g/mol. The van der Waals surface area contributed by atoms with Crippen molar-refractivity contribution < 1.29 is 28.6 Å². The maximum atomic E-state index is 12.1. The third kappa shape index (κ3) is 7.92. The molecular formula is C21H24N2O6. The maximum absolute atomic E-state index is 12.1. The number of hydrogen-bond donors (Lipinski definition) is 2. The standard InChI is InChI=1S/C21H24N2O6/c1-3-27-21(26)29-18-10-6-16(7-11-18)20(25)23-13-12-22-19(24)14-28-17-8-4-15(2)5-9-17/h4-11H,3,12-14H2,1-2H3,(H,22,24)(H,23,25). The van der Waals surface area contributed by atoms with Gasteiger partial charge in [0.15, 0.2) is 6.61 Å². The molecule has 0 aliphatic rings. The fourth-order valence-electron chi connectivity index (χ4n) is 2.23. The Labute approximate surface area is 169 Å². The van der Waals surface area contributed by atoms with E-state index in [4.69, 9.17) is 9.47 Å². The summed E-state index contributed by atoms with van der Waals surface area (Å²) >= 11 is 0. The van der Waals surface area contributed by atoms with Crippen LogP contribution in [0.3, 0.4) is 0 Å². The van der Waals surface area contributed by atoms with Gasteiger partial charge in [0.25, 0.3) is 11.8 Å². The second kappa shape index (κ2) is 11.3. The van der Waals surface area contributed by atoms with Gasteiger partial charge < -0.3 is 24.8 Å². The highest BCUT2D eigenvalue weighted by atomic mass is 16.7. The minimum atomic E-state index is -0.799. The minimum Gasteiger partial charge on any atom is -0.484 e. The summed E-state index contributed by atoms with van der Waals surface area (Å²) in [5.74, 6) is 0.313. The molecule has 2 N–H and O–H groups in total. The van der Waals surface area contributed by atoms with Crippen LogP contribution in [0.2, 0.25) is 0 Å². The average molecular weight is 400 g/mol. The summed E-state index contributed by atoms with van der Waals surface area (Å²) in [6, 6.07) is 13.4. The van der Waals surface area contributed by atoms with Crippen LogP contribution in [0.15, 0.2) is 48.5 Å². The first kappa shape index (κ1) is 21.7. The largest absolute Gasteiger partial charge is 0.513 e. The molecule has 0 atom stereocenters. The van der Waals surface area contributed by atoms with Crippen LogP contribution in [-0.4, -0.2) is 44.3 Å². The molecule has 0 aliphatic carbocycles. The van der Waals surface area contributed by atoms with Crippen LogP contribution >= 0.6 is 0 Å². The van der Waals surface area contributed by atoms with Crippen molar-refractivity contribution in [3.8, 4) is 11.5 Å². The molecule has 0 spiro atoms. The van der Waals surface area contributed by atoms with Crippen molar-refractivity contribution in [2.75, 3.05) is 26.3 Å². The summed E-state index contributed by atoms with van der Waals surface area (Å²) in [6.45, 7) is 4.29. The van der Waals surface area contributed by atoms with Crippen LogP contribution in [0.25, 0.3) is 0 Å². The summed E-state index contributed by atoms with van der Waals surface area (Å²) in [7, 11) is 0. The van der Waals surface area contributed by atoms with Crippen LogP contribution in [0.4, 0.5) is 4.79 Å². The highest BCUT2D eigenvalue weighted by molar-refractivity contribution is 5.94. The fourth-order valence-corrected chi connectivity index (χ4v) is 2.23. The number of carbonyl (C=O) groups excluding carboxylic acids is 3.